The third-order valence-corrected chi connectivity index (χ3v) is 7.27. The van der Waals surface area contributed by atoms with Crippen molar-refractivity contribution in [3.63, 3.8) is 0 Å². The molecular weight excluding hydrogens is 499 g/mol. The Labute approximate surface area is 194 Å². The van der Waals surface area contributed by atoms with E-state index in [9.17, 15) is 8.42 Å². The highest BCUT2D eigenvalue weighted by Crippen LogP contribution is 2.46. The molecule has 1 fully saturated rings. The van der Waals surface area contributed by atoms with Crippen molar-refractivity contribution < 1.29 is 8.42 Å². The Morgan fingerprint density at radius 1 is 1.17 bits per heavy atom. The van der Waals surface area contributed by atoms with Gasteiger partial charge in [-0.15, -0.1) is 24.0 Å². The molecule has 2 N–H and O–H groups in total. The molecule has 0 aliphatic carbocycles. The van der Waals surface area contributed by atoms with Crippen LogP contribution in [0.2, 0.25) is 0 Å². The van der Waals surface area contributed by atoms with E-state index in [-0.39, 0.29) is 46.7 Å². The summed E-state index contributed by atoms with van der Waals surface area (Å²) in [5.41, 5.74) is 1.96. The average Bonchev–Trinajstić information content (AvgIpc) is 2.56. The number of nitrogens with one attached hydrogen (secondary N) is 2. The molecule has 166 valence electrons. The molecule has 1 aliphatic rings. The van der Waals surface area contributed by atoms with Gasteiger partial charge in [-0.2, -0.15) is 0 Å². The smallest absolute Gasteiger partial charge is 0.216 e. The summed E-state index contributed by atoms with van der Waals surface area (Å²) in [6.45, 7) is 16.9. The van der Waals surface area contributed by atoms with Gasteiger partial charge in [0.25, 0.3) is 0 Å². The van der Waals surface area contributed by atoms with Crippen LogP contribution in [0.15, 0.2) is 29.3 Å². The molecule has 0 unspecified atom stereocenters. The van der Waals surface area contributed by atoms with Crippen LogP contribution in [0.5, 0.6) is 0 Å². The fourth-order valence-electron chi connectivity index (χ4n) is 3.41. The molecule has 6 nitrogen and oxygen atoms in total. The first-order chi connectivity index (χ1) is 12.9. The predicted octanol–water partition coefficient (Wildman–Crippen LogP) is 3.72. The Kier molecular flexibility index (Phi) is 8.98. The minimum absolute atomic E-state index is 0. The maximum atomic E-state index is 12.4. The van der Waals surface area contributed by atoms with E-state index in [1.807, 2.05) is 38.1 Å². The molecule has 0 amide bonds. The van der Waals surface area contributed by atoms with Gasteiger partial charge in [-0.05, 0) is 45.7 Å². The van der Waals surface area contributed by atoms with E-state index in [4.69, 9.17) is 4.99 Å². The summed E-state index contributed by atoms with van der Waals surface area (Å²) in [5.74, 6) is 0.847. The lowest BCUT2D eigenvalue weighted by Gasteiger charge is -2.62. The molecule has 1 heterocycles. The molecule has 1 saturated heterocycles. The Balaban J connectivity index is 0.00000420. The molecular formula is C21H37IN4O2S. The van der Waals surface area contributed by atoms with Crippen molar-refractivity contribution in [1.82, 2.24) is 14.9 Å². The average molecular weight is 537 g/mol. The number of aliphatic imine (C=N–C) groups is 1. The van der Waals surface area contributed by atoms with Crippen LogP contribution in [-0.2, 0) is 22.3 Å². The first kappa shape index (κ1) is 26.2. The van der Waals surface area contributed by atoms with Gasteiger partial charge in [0, 0.05) is 30.1 Å². The van der Waals surface area contributed by atoms with E-state index in [0.29, 0.717) is 6.54 Å². The number of sulfonamides is 1. The Hall–Kier alpha value is -0.870. The van der Waals surface area contributed by atoms with Crippen molar-refractivity contribution in [2.75, 3.05) is 13.1 Å². The zero-order valence-corrected chi connectivity index (χ0v) is 21.9. The molecule has 2 rings (SSSR count). The third-order valence-electron chi connectivity index (χ3n) is 5.75. The minimum atomic E-state index is -3.37. The van der Waals surface area contributed by atoms with Gasteiger partial charge in [0.05, 0.1) is 12.3 Å². The number of nitrogens with zero attached hydrogens (tertiary/aromatic N) is 2. The van der Waals surface area contributed by atoms with E-state index in [0.717, 1.165) is 30.2 Å². The van der Waals surface area contributed by atoms with Crippen molar-refractivity contribution in [2.24, 2.45) is 10.4 Å². The molecule has 1 aliphatic heterocycles. The lowest BCUT2D eigenvalue weighted by molar-refractivity contribution is -0.0667. The Morgan fingerprint density at radius 2 is 1.76 bits per heavy atom. The van der Waals surface area contributed by atoms with Gasteiger partial charge >= 0.3 is 0 Å². The second-order valence-corrected chi connectivity index (χ2v) is 10.8. The van der Waals surface area contributed by atoms with Crippen LogP contribution in [0.25, 0.3) is 0 Å². The van der Waals surface area contributed by atoms with Crippen LogP contribution in [0.4, 0.5) is 0 Å². The van der Waals surface area contributed by atoms with Gasteiger partial charge in [-0.3, -0.25) is 0 Å². The van der Waals surface area contributed by atoms with Crippen molar-refractivity contribution >= 4 is 40.0 Å². The number of hydrogen-bond acceptors (Lipinski definition) is 3. The largest absolute Gasteiger partial charge is 0.356 e. The van der Waals surface area contributed by atoms with Crippen LogP contribution >= 0.6 is 24.0 Å². The highest BCUT2D eigenvalue weighted by Gasteiger charge is 2.53. The summed E-state index contributed by atoms with van der Waals surface area (Å²) in [6.07, 6.45) is 0. The highest BCUT2D eigenvalue weighted by atomic mass is 127. The van der Waals surface area contributed by atoms with Crippen LogP contribution in [0.1, 0.15) is 59.6 Å². The molecule has 0 spiro atoms. The number of rotatable bonds is 7. The summed E-state index contributed by atoms with van der Waals surface area (Å²) in [4.78, 5) is 7.14. The fourth-order valence-corrected chi connectivity index (χ4v) is 4.91. The SMILES string of the molecule is CCNC(=NCc1ccccc1CS(=O)(=O)NC(C)C)N1CC(C)(C)C1(C)C.I. The van der Waals surface area contributed by atoms with Crippen molar-refractivity contribution in [3.05, 3.63) is 35.4 Å². The van der Waals surface area contributed by atoms with Gasteiger partial charge < -0.3 is 10.2 Å². The summed E-state index contributed by atoms with van der Waals surface area (Å²) >= 11 is 0. The minimum Gasteiger partial charge on any atom is -0.356 e. The Morgan fingerprint density at radius 3 is 2.24 bits per heavy atom. The number of hydrogen-bond donors (Lipinski definition) is 2. The number of guanidine groups is 1. The van der Waals surface area contributed by atoms with E-state index < -0.39 is 10.0 Å². The van der Waals surface area contributed by atoms with Gasteiger partial charge in [0.15, 0.2) is 5.96 Å². The first-order valence-corrected chi connectivity index (χ1v) is 11.7. The normalized spacial score (nSPS) is 18.2. The van der Waals surface area contributed by atoms with Crippen LogP contribution in [0.3, 0.4) is 0 Å². The maximum Gasteiger partial charge on any atom is 0.216 e. The molecule has 0 saturated carbocycles. The zero-order valence-electron chi connectivity index (χ0n) is 18.7. The summed E-state index contributed by atoms with van der Waals surface area (Å²) in [5, 5.41) is 3.39. The second-order valence-electron chi connectivity index (χ2n) is 9.00. The second kappa shape index (κ2) is 9.96. The number of halogens is 1. The van der Waals surface area contributed by atoms with Crippen LogP contribution in [-0.4, -0.2) is 43.9 Å². The van der Waals surface area contributed by atoms with Crippen LogP contribution < -0.4 is 10.0 Å². The van der Waals surface area contributed by atoms with Crippen molar-refractivity contribution in [2.45, 2.75) is 72.3 Å². The first-order valence-electron chi connectivity index (χ1n) is 10.0. The molecule has 0 radical (unpaired) electrons. The van der Waals surface area contributed by atoms with Crippen LogP contribution in [0, 0.1) is 5.41 Å². The van der Waals surface area contributed by atoms with E-state index in [1.165, 1.54) is 0 Å². The number of benzene rings is 1. The molecule has 0 atom stereocenters. The molecule has 0 bridgehead atoms. The Bertz CT molecular complexity index is 820. The maximum absolute atomic E-state index is 12.4. The van der Waals surface area contributed by atoms with E-state index >= 15 is 0 Å². The molecule has 1 aromatic carbocycles. The van der Waals surface area contributed by atoms with Gasteiger partial charge in [0.1, 0.15) is 0 Å². The van der Waals surface area contributed by atoms with Gasteiger partial charge in [-0.25, -0.2) is 18.1 Å². The summed E-state index contributed by atoms with van der Waals surface area (Å²) < 4.78 is 27.4. The summed E-state index contributed by atoms with van der Waals surface area (Å²) in [7, 11) is -3.37. The summed E-state index contributed by atoms with van der Waals surface area (Å²) in [6, 6.07) is 7.51. The fraction of sp³-hybridized carbons (Fsp3) is 0.667. The number of likely N-dealkylation sites (tertiary alicyclic amines) is 1. The standard InChI is InChI=1S/C21H36N4O2S.HI/c1-8-22-19(25-15-20(4,5)21(25,6)7)23-13-17-11-9-10-12-18(17)14-28(26,27)24-16(2)3;/h9-12,16,24H,8,13-15H2,1-7H3,(H,22,23);1H. The molecule has 1 aromatic rings. The molecule has 8 heteroatoms. The van der Waals surface area contributed by atoms with Gasteiger partial charge in [0.2, 0.25) is 10.0 Å². The molecule has 0 aromatic heterocycles. The lowest BCUT2D eigenvalue weighted by atomic mass is 9.65. The van der Waals surface area contributed by atoms with Crippen molar-refractivity contribution in [3.8, 4) is 0 Å². The predicted molar refractivity (Wildman–Crippen MR) is 132 cm³/mol. The molecule has 29 heavy (non-hydrogen) atoms. The zero-order chi connectivity index (χ0) is 21.2. The topological polar surface area (TPSA) is 73.8 Å². The van der Waals surface area contributed by atoms with Gasteiger partial charge in [-0.1, -0.05) is 38.1 Å². The van der Waals surface area contributed by atoms with Crippen molar-refractivity contribution in [1.29, 1.82) is 0 Å². The van der Waals surface area contributed by atoms with E-state index in [2.05, 4.69) is 49.6 Å². The highest BCUT2D eigenvalue weighted by molar-refractivity contribution is 14.0. The third kappa shape index (κ3) is 6.30. The lowest BCUT2D eigenvalue weighted by Crippen LogP contribution is -2.72. The monoisotopic (exact) mass is 536 g/mol. The quantitative estimate of drug-likeness (QED) is 0.317. The van der Waals surface area contributed by atoms with E-state index in [1.54, 1.807) is 0 Å².